The van der Waals surface area contributed by atoms with E-state index in [4.69, 9.17) is 4.74 Å². The van der Waals surface area contributed by atoms with Gasteiger partial charge in [0.2, 0.25) is 5.88 Å². The number of carbonyl (C=O) groups is 2. The summed E-state index contributed by atoms with van der Waals surface area (Å²) in [6.45, 7) is 1.44. The van der Waals surface area contributed by atoms with Gasteiger partial charge in [-0.15, -0.1) is 0 Å². The number of alkyl halides is 3. The normalized spacial score (nSPS) is 14.3. The smallest absolute Gasteiger partial charge is 0.417 e. The fourth-order valence-electron chi connectivity index (χ4n) is 3.77. The van der Waals surface area contributed by atoms with Crippen molar-refractivity contribution in [3.8, 4) is 11.6 Å². The minimum absolute atomic E-state index is 0.111. The zero-order chi connectivity index (χ0) is 24.7. The molecule has 0 bridgehead atoms. The molecule has 4 aromatic rings. The number of rotatable bonds is 5. The Balaban J connectivity index is 1.42. The first kappa shape index (κ1) is 22.3. The van der Waals surface area contributed by atoms with Gasteiger partial charge >= 0.3 is 12.2 Å². The van der Waals surface area contributed by atoms with E-state index in [1.54, 1.807) is 47.2 Å². The van der Waals surface area contributed by atoms with Crippen LogP contribution in [0.5, 0.6) is 11.6 Å². The van der Waals surface area contributed by atoms with Crippen LogP contribution in [-0.2, 0) is 17.4 Å². The molecule has 4 heterocycles. The number of imide groups is 1. The summed E-state index contributed by atoms with van der Waals surface area (Å²) >= 11 is 0. The van der Waals surface area contributed by atoms with Crippen LogP contribution in [0.25, 0.3) is 5.65 Å². The first-order valence-electron chi connectivity index (χ1n) is 10.5. The number of nitrogens with zero attached hydrogens (tertiary/aromatic N) is 6. The number of benzene rings is 1. The number of aryl methyl sites for hydroxylation is 1. The first-order valence-corrected chi connectivity index (χ1v) is 10.5. The Hall–Kier alpha value is -4.48. The Kier molecular flexibility index (Phi) is 5.35. The Bertz CT molecular complexity index is 1450. The molecule has 1 fully saturated rings. The predicted molar refractivity (Wildman–Crippen MR) is 118 cm³/mol. The van der Waals surface area contributed by atoms with Gasteiger partial charge in [-0.25, -0.2) is 14.2 Å². The average molecular weight is 482 g/mol. The summed E-state index contributed by atoms with van der Waals surface area (Å²) in [5.74, 6) is 0.216. The molecule has 178 valence electrons. The number of amides is 3. The number of anilines is 2. The summed E-state index contributed by atoms with van der Waals surface area (Å²) in [6, 6.07) is 8.25. The maximum atomic E-state index is 13.1. The summed E-state index contributed by atoms with van der Waals surface area (Å²) in [4.78, 5) is 35.7. The Labute approximate surface area is 196 Å². The molecule has 1 aliphatic heterocycles. The highest BCUT2D eigenvalue weighted by atomic mass is 19.4. The van der Waals surface area contributed by atoms with Gasteiger partial charge in [-0.05, 0) is 36.2 Å². The van der Waals surface area contributed by atoms with E-state index in [1.807, 2.05) is 6.92 Å². The van der Waals surface area contributed by atoms with Gasteiger partial charge in [0, 0.05) is 24.5 Å². The molecule has 3 aromatic heterocycles. The topological polar surface area (TPSA) is 92.9 Å². The van der Waals surface area contributed by atoms with Crippen LogP contribution in [0, 0.1) is 0 Å². The number of halogens is 3. The van der Waals surface area contributed by atoms with Crippen molar-refractivity contribution in [2.24, 2.45) is 0 Å². The summed E-state index contributed by atoms with van der Waals surface area (Å²) in [6.07, 6.45) is 0.926. The van der Waals surface area contributed by atoms with Crippen molar-refractivity contribution in [1.82, 2.24) is 19.6 Å². The van der Waals surface area contributed by atoms with E-state index >= 15 is 0 Å². The van der Waals surface area contributed by atoms with Gasteiger partial charge in [-0.1, -0.05) is 6.92 Å². The molecule has 5 rings (SSSR count). The van der Waals surface area contributed by atoms with E-state index in [9.17, 15) is 22.8 Å². The van der Waals surface area contributed by atoms with Crippen LogP contribution in [0.3, 0.4) is 0 Å². The highest BCUT2D eigenvalue weighted by Gasteiger charge is 2.40. The third-order valence-corrected chi connectivity index (χ3v) is 5.46. The van der Waals surface area contributed by atoms with Crippen LogP contribution in [0.15, 0.2) is 61.2 Å². The van der Waals surface area contributed by atoms with Crippen molar-refractivity contribution in [2.75, 3.05) is 16.3 Å². The van der Waals surface area contributed by atoms with Gasteiger partial charge in [0.05, 0.1) is 29.3 Å². The lowest BCUT2D eigenvalue weighted by Crippen LogP contribution is -2.33. The van der Waals surface area contributed by atoms with E-state index in [2.05, 4.69) is 15.1 Å². The molecule has 0 N–H and O–H groups in total. The van der Waals surface area contributed by atoms with E-state index in [0.29, 0.717) is 41.1 Å². The predicted octanol–water partition coefficient (Wildman–Crippen LogP) is 4.47. The number of aromatic nitrogens is 4. The lowest BCUT2D eigenvalue weighted by Gasteiger charge is -2.20. The van der Waals surface area contributed by atoms with Crippen molar-refractivity contribution in [1.29, 1.82) is 0 Å². The van der Waals surface area contributed by atoms with Gasteiger partial charge in [-0.3, -0.25) is 14.7 Å². The van der Waals surface area contributed by atoms with Crippen LogP contribution in [0.1, 0.15) is 18.1 Å². The summed E-state index contributed by atoms with van der Waals surface area (Å²) < 4.78 is 46.7. The third-order valence-electron chi connectivity index (χ3n) is 5.46. The third kappa shape index (κ3) is 4.14. The molecule has 1 aromatic carbocycles. The van der Waals surface area contributed by atoms with Crippen molar-refractivity contribution < 1.29 is 27.5 Å². The number of ether oxygens (including phenoxy) is 1. The van der Waals surface area contributed by atoms with Crippen molar-refractivity contribution in [3.63, 3.8) is 0 Å². The first-order chi connectivity index (χ1) is 16.7. The standard InChI is InChI=1S/C23H17F3N6O3/c1-2-14-9-17(35-20-6-8-31-19(29-20)5-7-28-31)3-4-18(14)32-21(33)13-30(22(32)34)16-10-15(11-27-12-16)23(24,25)26/h3-12H,2,13H2,1H3. The molecule has 0 spiro atoms. The second kappa shape index (κ2) is 8.38. The average Bonchev–Trinajstić information content (AvgIpc) is 3.42. The zero-order valence-electron chi connectivity index (χ0n) is 18.2. The van der Waals surface area contributed by atoms with Crippen LogP contribution in [0.2, 0.25) is 0 Å². The van der Waals surface area contributed by atoms with E-state index in [-0.39, 0.29) is 5.69 Å². The molecule has 0 atom stereocenters. The number of pyridine rings is 1. The number of fused-ring (bicyclic) bond motifs is 1. The van der Waals surface area contributed by atoms with Gasteiger partial charge in [0.15, 0.2) is 5.65 Å². The minimum atomic E-state index is -4.63. The van der Waals surface area contributed by atoms with Crippen molar-refractivity contribution >= 4 is 29.0 Å². The van der Waals surface area contributed by atoms with Crippen molar-refractivity contribution in [2.45, 2.75) is 19.5 Å². The van der Waals surface area contributed by atoms with Crippen LogP contribution in [-0.4, -0.2) is 38.1 Å². The van der Waals surface area contributed by atoms with Crippen LogP contribution in [0.4, 0.5) is 29.3 Å². The Morgan fingerprint density at radius 1 is 1.09 bits per heavy atom. The van der Waals surface area contributed by atoms with E-state index in [1.165, 1.54) is 0 Å². The van der Waals surface area contributed by atoms with Gasteiger partial charge in [-0.2, -0.15) is 23.3 Å². The van der Waals surface area contributed by atoms with Crippen molar-refractivity contribution in [3.05, 3.63) is 72.3 Å². The molecule has 0 aliphatic carbocycles. The quantitative estimate of drug-likeness (QED) is 0.390. The maximum Gasteiger partial charge on any atom is 0.417 e. The maximum absolute atomic E-state index is 13.1. The fraction of sp³-hybridized carbons (Fsp3) is 0.174. The number of hydrogen-bond donors (Lipinski definition) is 0. The fourth-order valence-corrected chi connectivity index (χ4v) is 3.77. The molecule has 0 saturated carbocycles. The number of urea groups is 1. The second-order valence-electron chi connectivity index (χ2n) is 7.67. The molecular formula is C23H17F3N6O3. The molecule has 9 nitrogen and oxygen atoms in total. The molecule has 1 saturated heterocycles. The molecule has 35 heavy (non-hydrogen) atoms. The second-order valence-corrected chi connectivity index (χ2v) is 7.67. The number of hydrogen-bond acceptors (Lipinski definition) is 6. The van der Waals surface area contributed by atoms with Crippen LogP contribution >= 0.6 is 0 Å². The highest BCUT2D eigenvalue weighted by molar-refractivity contribution is 6.27. The molecular weight excluding hydrogens is 465 g/mol. The molecule has 0 radical (unpaired) electrons. The SMILES string of the molecule is CCc1cc(Oc2ccn3nccc3n2)ccc1N1C(=O)CN(c2cncc(C(F)(F)F)c2)C1=O. The monoisotopic (exact) mass is 482 g/mol. The van der Waals surface area contributed by atoms with Gasteiger partial charge in [0.1, 0.15) is 12.3 Å². The van der Waals surface area contributed by atoms with Gasteiger partial charge in [0.25, 0.3) is 5.91 Å². The van der Waals surface area contributed by atoms with E-state index in [0.717, 1.165) is 22.1 Å². The molecule has 1 aliphatic rings. The summed E-state index contributed by atoms with van der Waals surface area (Å²) in [7, 11) is 0. The summed E-state index contributed by atoms with van der Waals surface area (Å²) in [5.41, 5.74) is 0.453. The zero-order valence-corrected chi connectivity index (χ0v) is 18.2. The molecule has 3 amide bonds. The molecule has 0 unspecified atom stereocenters. The Morgan fingerprint density at radius 3 is 2.69 bits per heavy atom. The van der Waals surface area contributed by atoms with Crippen LogP contribution < -0.4 is 14.5 Å². The van der Waals surface area contributed by atoms with Gasteiger partial charge < -0.3 is 4.74 Å². The number of carbonyl (C=O) groups excluding carboxylic acids is 2. The lowest BCUT2D eigenvalue weighted by atomic mass is 10.1. The lowest BCUT2D eigenvalue weighted by molar-refractivity contribution is -0.137. The molecule has 12 heteroatoms. The largest absolute Gasteiger partial charge is 0.439 e. The minimum Gasteiger partial charge on any atom is -0.439 e. The highest BCUT2D eigenvalue weighted by Crippen LogP contribution is 2.35. The summed E-state index contributed by atoms with van der Waals surface area (Å²) in [5, 5.41) is 4.07. The Morgan fingerprint density at radius 2 is 1.91 bits per heavy atom. The van der Waals surface area contributed by atoms with E-state index < -0.39 is 30.2 Å².